The maximum Gasteiger partial charge on any atom is 0.319 e. The molecule has 1 fully saturated rings. The van der Waals surface area contributed by atoms with Gasteiger partial charge in [0.1, 0.15) is 0 Å². The summed E-state index contributed by atoms with van der Waals surface area (Å²) >= 11 is 0. The van der Waals surface area contributed by atoms with Crippen LogP contribution in [0.15, 0.2) is 0 Å². The number of hydrogen-bond acceptors (Lipinski definition) is 5. The van der Waals surface area contributed by atoms with Crippen LogP contribution < -0.4 is 5.32 Å². The van der Waals surface area contributed by atoms with E-state index in [0.717, 1.165) is 25.7 Å². The molecule has 0 aromatic rings. The van der Waals surface area contributed by atoms with E-state index in [0.29, 0.717) is 19.7 Å². The SMILES string of the molecule is CCCCOC(=O)CNC1CCN(S(C)(=O)=O)CC1. The van der Waals surface area contributed by atoms with Crippen molar-refractivity contribution in [1.29, 1.82) is 0 Å². The highest BCUT2D eigenvalue weighted by atomic mass is 32.2. The third kappa shape index (κ3) is 6.35. The summed E-state index contributed by atoms with van der Waals surface area (Å²) in [4.78, 5) is 11.4. The second-order valence-corrected chi connectivity index (χ2v) is 6.87. The molecule has 0 atom stereocenters. The number of piperidine rings is 1. The summed E-state index contributed by atoms with van der Waals surface area (Å²) in [5, 5.41) is 3.12. The first kappa shape index (κ1) is 16.4. The van der Waals surface area contributed by atoms with Crippen LogP contribution in [-0.4, -0.2) is 57.2 Å². The Bertz CT molecular complexity index is 375. The highest BCUT2D eigenvalue weighted by Crippen LogP contribution is 2.12. The van der Waals surface area contributed by atoms with Crippen molar-refractivity contribution in [2.45, 2.75) is 38.6 Å². The van der Waals surface area contributed by atoms with Crippen molar-refractivity contribution in [2.75, 3.05) is 32.5 Å². The Hall–Kier alpha value is -0.660. The number of esters is 1. The number of ether oxygens (including phenoxy) is 1. The molecule has 19 heavy (non-hydrogen) atoms. The molecule has 0 aromatic heterocycles. The first-order valence-corrected chi connectivity index (χ1v) is 8.62. The normalized spacial score (nSPS) is 18.4. The smallest absolute Gasteiger partial charge is 0.319 e. The van der Waals surface area contributed by atoms with Gasteiger partial charge in [-0.15, -0.1) is 0 Å². The van der Waals surface area contributed by atoms with E-state index in [2.05, 4.69) is 5.32 Å². The summed E-state index contributed by atoms with van der Waals surface area (Å²) < 4.78 is 29.2. The molecule has 6 nitrogen and oxygen atoms in total. The predicted octanol–water partition coefficient (Wildman–Crippen LogP) is 0.343. The molecule has 0 saturated carbocycles. The average Bonchev–Trinajstić information content (AvgIpc) is 2.36. The lowest BCUT2D eigenvalue weighted by molar-refractivity contribution is -0.142. The van der Waals surface area contributed by atoms with E-state index >= 15 is 0 Å². The highest BCUT2D eigenvalue weighted by molar-refractivity contribution is 7.88. The fourth-order valence-electron chi connectivity index (χ4n) is 2.00. The molecule has 1 heterocycles. The lowest BCUT2D eigenvalue weighted by Gasteiger charge is -2.30. The van der Waals surface area contributed by atoms with Gasteiger partial charge in [-0.3, -0.25) is 4.79 Å². The minimum absolute atomic E-state index is 0.191. The third-order valence-electron chi connectivity index (χ3n) is 3.22. The molecule has 0 amide bonds. The van der Waals surface area contributed by atoms with Gasteiger partial charge in [0.25, 0.3) is 0 Å². The summed E-state index contributed by atoms with van der Waals surface area (Å²) in [6.45, 7) is 3.75. The van der Waals surface area contributed by atoms with E-state index in [1.54, 1.807) is 0 Å². The van der Waals surface area contributed by atoms with Gasteiger partial charge < -0.3 is 10.1 Å². The Morgan fingerprint density at radius 3 is 2.53 bits per heavy atom. The van der Waals surface area contributed by atoms with E-state index in [9.17, 15) is 13.2 Å². The number of carbonyl (C=O) groups is 1. The Labute approximate surface area is 115 Å². The van der Waals surface area contributed by atoms with Gasteiger partial charge in [0, 0.05) is 19.1 Å². The molecule has 0 unspecified atom stereocenters. The number of nitrogens with zero attached hydrogens (tertiary/aromatic N) is 1. The van der Waals surface area contributed by atoms with Gasteiger partial charge in [-0.1, -0.05) is 13.3 Å². The fraction of sp³-hybridized carbons (Fsp3) is 0.917. The number of nitrogens with one attached hydrogen (secondary N) is 1. The minimum atomic E-state index is -3.08. The van der Waals surface area contributed by atoms with Crippen LogP contribution in [0.5, 0.6) is 0 Å². The summed E-state index contributed by atoms with van der Waals surface area (Å²) in [6.07, 6.45) is 4.58. The van der Waals surface area contributed by atoms with Crippen molar-refractivity contribution < 1.29 is 17.9 Å². The number of hydrogen-bond donors (Lipinski definition) is 1. The predicted molar refractivity (Wildman–Crippen MR) is 73.3 cm³/mol. The van der Waals surface area contributed by atoms with Gasteiger partial charge in [-0.25, -0.2) is 12.7 Å². The zero-order valence-electron chi connectivity index (χ0n) is 11.7. The molecule has 0 bridgehead atoms. The van der Waals surface area contributed by atoms with Gasteiger partial charge >= 0.3 is 5.97 Å². The summed E-state index contributed by atoms with van der Waals surface area (Å²) in [6, 6.07) is 0.191. The van der Waals surface area contributed by atoms with Crippen LogP contribution in [0.2, 0.25) is 0 Å². The van der Waals surface area contributed by atoms with Crippen LogP contribution >= 0.6 is 0 Å². The minimum Gasteiger partial charge on any atom is -0.465 e. The Morgan fingerprint density at radius 1 is 1.37 bits per heavy atom. The fourth-order valence-corrected chi connectivity index (χ4v) is 2.87. The van der Waals surface area contributed by atoms with Crippen LogP contribution in [0.25, 0.3) is 0 Å². The Kier molecular flexibility index (Phi) is 6.74. The van der Waals surface area contributed by atoms with E-state index in [1.807, 2.05) is 6.92 Å². The number of rotatable bonds is 7. The quantitative estimate of drug-likeness (QED) is 0.541. The average molecular weight is 292 g/mol. The maximum absolute atomic E-state index is 11.4. The van der Waals surface area contributed by atoms with E-state index in [4.69, 9.17) is 4.74 Å². The first-order chi connectivity index (χ1) is 8.93. The largest absolute Gasteiger partial charge is 0.465 e. The molecule has 0 aliphatic carbocycles. The molecule has 0 spiro atoms. The van der Waals surface area contributed by atoms with E-state index < -0.39 is 10.0 Å². The molecule has 0 radical (unpaired) electrons. The van der Waals surface area contributed by atoms with Crippen molar-refractivity contribution in [3.63, 3.8) is 0 Å². The monoisotopic (exact) mass is 292 g/mol. The summed E-state index contributed by atoms with van der Waals surface area (Å²) in [5.74, 6) is -0.237. The Balaban J connectivity index is 2.17. The third-order valence-corrected chi connectivity index (χ3v) is 4.52. The van der Waals surface area contributed by atoms with Gasteiger partial charge in [0.05, 0.1) is 19.4 Å². The van der Waals surface area contributed by atoms with E-state index in [1.165, 1.54) is 10.6 Å². The second-order valence-electron chi connectivity index (χ2n) is 4.89. The first-order valence-electron chi connectivity index (χ1n) is 6.77. The van der Waals surface area contributed by atoms with Gasteiger partial charge in [-0.2, -0.15) is 0 Å². The Morgan fingerprint density at radius 2 is 2.00 bits per heavy atom. The zero-order valence-corrected chi connectivity index (χ0v) is 12.5. The molecule has 1 N–H and O–H groups in total. The molecule has 7 heteroatoms. The van der Waals surface area contributed by atoms with Crippen molar-refractivity contribution in [2.24, 2.45) is 0 Å². The molecule has 1 aliphatic heterocycles. The van der Waals surface area contributed by atoms with Crippen molar-refractivity contribution in [3.05, 3.63) is 0 Å². The van der Waals surface area contributed by atoms with E-state index in [-0.39, 0.29) is 18.6 Å². The molecule has 1 rings (SSSR count). The second kappa shape index (κ2) is 7.81. The van der Waals surface area contributed by atoms with Crippen LogP contribution in [0.1, 0.15) is 32.6 Å². The van der Waals surface area contributed by atoms with Crippen LogP contribution in [0.4, 0.5) is 0 Å². The van der Waals surface area contributed by atoms with Crippen LogP contribution in [0.3, 0.4) is 0 Å². The van der Waals surface area contributed by atoms with Crippen molar-refractivity contribution >= 4 is 16.0 Å². The molecular formula is C12H24N2O4S. The summed E-state index contributed by atoms with van der Waals surface area (Å²) in [5.41, 5.74) is 0. The summed E-state index contributed by atoms with van der Waals surface area (Å²) in [7, 11) is -3.08. The standard InChI is InChI=1S/C12H24N2O4S/c1-3-4-9-18-12(15)10-13-11-5-7-14(8-6-11)19(2,16)17/h11,13H,3-10H2,1-2H3. The lowest BCUT2D eigenvalue weighted by Crippen LogP contribution is -2.45. The van der Waals surface area contributed by atoms with Gasteiger partial charge in [0.2, 0.25) is 10.0 Å². The lowest BCUT2D eigenvalue weighted by atomic mass is 10.1. The van der Waals surface area contributed by atoms with Crippen LogP contribution in [0, 0.1) is 0 Å². The van der Waals surface area contributed by atoms with Crippen molar-refractivity contribution in [3.8, 4) is 0 Å². The van der Waals surface area contributed by atoms with Gasteiger partial charge in [0.15, 0.2) is 0 Å². The molecule has 1 saturated heterocycles. The molecule has 0 aromatic carbocycles. The highest BCUT2D eigenvalue weighted by Gasteiger charge is 2.24. The maximum atomic E-state index is 11.4. The topological polar surface area (TPSA) is 75.7 Å². The number of sulfonamides is 1. The molecular weight excluding hydrogens is 268 g/mol. The number of carbonyl (C=O) groups excluding carboxylic acids is 1. The van der Waals surface area contributed by atoms with Crippen LogP contribution in [-0.2, 0) is 19.6 Å². The molecule has 112 valence electrons. The molecule has 1 aliphatic rings. The van der Waals surface area contributed by atoms with Crippen molar-refractivity contribution in [1.82, 2.24) is 9.62 Å². The zero-order chi connectivity index (χ0) is 14.3. The number of unbranched alkanes of at least 4 members (excludes halogenated alkanes) is 1. The van der Waals surface area contributed by atoms with Gasteiger partial charge in [-0.05, 0) is 19.3 Å².